The van der Waals surface area contributed by atoms with Crippen molar-refractivity contribution >= 4 is 36.1 Å². The molecule has 64 heavy (non-hydrogen) atoms. The summed E-state index contributed by atoms with van der Waals surface area (Å²) in [7, 11) is 4.84. The second-order valence-electron chi connectivity index (χ2n) is 18.1. The van der Waals surface area contributed by atoms with Gasteiger partial charge in [0.05, 0.1) is 30.8 Å². The summed E-state index contributed by atoms with van der Waals surface area (Å²) in [4.78, 5) is 78.3. The summed E-state index contributed by atoms with van der Waals surface area (Å²) >= 11 is 0. The van der Waals surface area contributed by atoms with Gasteiger partial charge in [0.15, 0.2) is 24.8 Å². The summed E-state index contributed by atoms with van der Waals surface area (Å²) in [6, 6.07) is -0.800. The van der Waals surface area contributed by atoms with Crippen LogP contribution < -0.4 is 0 Å². The van der Waals surface area contributed by atoms with Crippen LogP contribution in [0.3, 0.4) is 0 Å². The smallest absolute Gasteiger partial charge is 0.309 e. The molecule has 0 bridgehead atoms. The molecule has 0 spiro atoms. The van der Waals surface area contributed by atoms with Crippen LogP contribution in [0.15, 0.2) is 24.3 Å². The van der Waals surface area contributed by atoms with E-state index in [1.807, 2.05) is 20.8 Å². The lowest BCUT2D eigenvalue weighted by atomic mass is 9.82. The van der Waals surface area contributed by atoms with E-state index in [9.17, 15) is 33.9 Å². The Morgan fingerprint density at radius 1 is 0.891 bits per heavy atom. The largest absolute Gasteiger partial charge is 0.462 e. The number of allylic oxidation sites excluding steroid dienone is 2. The summed E-state index contributed by atoms with van der Waals surface area (Å²) in [5.41, 5.74) is -1.55. The number of carbonyl (C=O) groups excluding carboxylic acids is 6. The first-order valence-corrected chi connectivity index (χ1v) is 22.2. The fourth-order valence-electron chi connectivity index (χ4n) is 8.71. The minimum absolute atomic E-state index is 0.0497. The Bertz CT molecular complexity index is 1610. The molecule has 0 aromatic rings. The van der Waals surface area contributed by atoms with Crippen LogP contribution >= 0.6 is 0 Å². The van der Waals surface area contributed by atoms with Gasteiger partial charge in [0.2, 0.25) is 0 Å². The Kier molecular flexibility index (Phi) is 21.5. The van der Waals surface area contributed by atoms with Crippen molar-refractivity contribution in [2.24, 2.45) is 17.8 Å². The zero-order valence-electron chi connectivity index (χ0n) is 39.8. The van der Waals surface area contributed by atoms with E-state index in [4.69, 9.17) is 47.4 Å². The van der Waals surface area contributed by atoms with Crippen molar-refractivity contribution in [3.63, 3.8) is 0 Å². The number of esters is 5. The van der Waals surface area contributed by atoms with Gasteiger partial charge in [-0.2, -0.15) is 0 Å². The number of methoxy groups -OCH3 is 1. The van der Waals surface area contributed by atoms with E-state index in [1.54, 1.807) is 71.0 Å². The van der Waals surface area contributed by atoms with Crippen molar-refractivity contribution in [1.82, 2.24) is 4.90 Å². The monoisotopic (exact) mass is 911 g/mol. The predicted molar refractivity (Wildman–Crippen MR) is 229 cm³/mol. The molecule has 2 fully saturated rings. The Morgan fingerprint density at radius 3 is 2.11 bits per heavy atom. The van der Waals surface area contributed by atoms with Gasteiger partial charge in [0.1, 0.15) is 42.4 Å². The van der Waals surface area contributed by atoms with Crippen molar-refractivity contribution in [2.45, 2.75) is 193 Å². The first-order chi connectivity index (χ1) is 30.0. The van der Waals surface area contributed by atoms with E-state index in [-0.39, 0.29) is 31.6 Å². The summed E-state index contributed by atoms with van der Waals surface area (Å²) in [6.45, 7) is 16.0. The molecule has 0 aromatic carbocycles. The number of ether oxygens (including phenoxy) is 10. The van der Waals surface area contributed by atoms with Crippen molar-refractivity contribution in [1.29, 1.82) is 0 Å². The fourth-order valence-corrected chi connectivity index (χ4v) is 8.71. The first kappa shape index (κ1) is 54.6. The van der Waals surface area contributed by atoms with E-state index in [2.05, 4.69) is 0 Å². The van der Waals surface area contributed by atoms with Crippen LogP contribution in [-0.2, 0) is 76.1 Å². The summed E-state index contributed by atoms with van der Waals surface area (Å²) in [5, 5.41) is 11.6. The summed E-state index contributed by atoms with van der Waals surface area (Å²) < 4.78 is 61.2. The highest BCUT2D eigenvalue weighted by Crippen LogP contribution is 2.39. The average Bonchev–Trinajstić information content (AvgIpc) is 3.15. The highest BCUT2D eigenvalue weighted by atomic mass is 16.7. The minimum Gasteiger partial charge on any atom is -0.462 e. The molecule has 0 radical (unpaired) electrons. The van der Waals surface area contributed by atoms with Crippen LogP contribution in [0.1, 0.15) is 108 Å². The predicted octanol–water partition coefficient (Wildman–Crippen LogP) is 4.16. The zero-order valence-corrected chi connectivity index (χ0v) is 39.8. The molecule has 3 rings (SSSR count). The number of rotatable bonds is 14. The van der Waals surface area contributed by atoms with Crippen molar-refractivity contribution in [3.8, 4) is 0 Å². The van der Waals surface area contributed by atoms with E-state index >= 15 is 0 Å². The van der Waals surface area contributed by atoms with Gasteiger partial charge in [-0.25, -0.2) is 0 Å². The van der Waals surface area contributed by atoms with Crippen LogP contribution in [0.5, 0.6) is 0 Å². The molecule has 364 valence electrons. The van der Waals surface area contributed by atoms with Crippen molar-refractivity contribution in [3.05, 3.63) is 24.3 Å². The van der Waals surface area contributed by atoms with Gasteiger partial charge in [0, 0.05) is 53.6 Å². The highest BCUT2D eigenvalue weighted by molar-refractivity contribution is 5.72. The maximum absolute atomic E-state index is 13.4. The molecule has 0 aliphatic carbocycles. The quantitative estimate of drug-likeness (QED) is 0.147. The number of aldehydes is 1. The third kappa shape index (κ3) is 16.3. The molecule has 16 unspecified atom stereocenters. The molecule has 2 saturated heterocycles. The number of aliphatic hydroxyl groups is 1. The van der Waals surface area contributed by atoms with Gasteiger partial charge in [-0.15, -0.1) is 0 Å². The van der Waals surface area contributed by atoms with Crippen molar-refractivity contribution in [2.75, 3.05) is 21.2 Å². The molecule has 3 aliphatic rings. The number of hydrogen-bond acceptors (Lipinski definition) is 18. The molecule has 16 atom stereocenters. The average molecular weight is 912 g/mol. The summed E-state index contributed by atoms with van der Waals surface area (Å²) in [5.74, 6) is -4.22. The van der Waals surface area contributed by atoms with E-state index in [0.717, 1.165) is 0 Å². The lowest BCUT2D eigenvalue weighted by Crippen LogP contribution is -2.66. The van der Waals surface area contributed by atoms with Gasteiger partial charge in [-0.1, -0.05) is 39.0 Å². The minimum atomic E-state index is -1.55. The number of carbonyl (C=O) groups is 6. The highest BCUT2D eigenvalue weighted by Gasteiger charge is 2.54. The normalized spacial score (nSPS) is 36.8. The van der Waals surface area contributed by atoms with Crippen LogP contribution in [0.25, 0.3) is 0 Å². The topological polar surface area (TPSA) is 218 Å². The fraction of sp³-hybridized carbons (Fsp3) is 0.783. The Hall–Kier alpha value is -3.78. The standard InChI is InChI=1S/C46H73NO17/c1-25(2)21-36(52)62-44-29(6)57-38(24-46(44,10)54)63-40-28(5)58-45(43(61-32(9)51)39(40)47(11)12)64-41-33(19-20-48)22-26(3)34(59-30(7)49)18-16-14-15-17-27(4)56-37(53)23-35(42(41)55-13)60-31(8)50/h14-16,18,20,25-29,33-35,38-45,54H,17,19,21-24H2,1-13H3. The van der Waals surface area contributed by atoms with Gasteiger partial charge < -0.3 is 62.2 Å². The molecule has 0 amide bonds. The third-order valence-electron chi connectivity index (χ3n) is 11.5. The van der Waals surface area contributed by atoms with Crippen molar-refractivity contribution < 1.29 is 81.2 Å². The molecule has 0 saturated carbocycles. The molecule has 1 N–H and O–H groups in total. The first-order valence-electron chi connectivity index (χ1n) is 22.2. The molecule has 18 nitrogen and oxygen atoms in total. The van der Waals surface area contributed by atoms with Gasteiger partial charge >= 0.3 is 29.8 Å². The third-order valence-corrected chi connectivity index (χ3v) is 11.5. The number of likely N-dealkylation sites (N-methyl/N-ethyl adjacent to an activating group) is 1. The lowest BCUT2D eigenvalue weighted by Gasteiger charge is -2.51. The van der Waals surface area contributed by atoms with E-state index < -0.39 is 133 Å². The molecule has 3 heterocycles. The number of hydrogen-bond donors (Lipinski definition) is 1. The van der Waals surface area contributed by atoms with Gasteiger partial charge in [0.25, 0.3) is 0 Å². The lowest BCUT2D eigenvalue weighted by molar-refractivity contribution is -0.345. The van der Waals surface area contributed by atoms with E-state index in [1.165, 1.54) is 27.9 Å². The second-order valence-corrected chi connectivity index (χ2v) is 18.1. The molecule has 0 aromatic heterocycles. The molecule has 3 aliphatic heterocycles. The van der Waals surface area contributed by atoms with Gasteiger partial charge in [-0.05, 0) is 72.0 Å². The van der Waals surface area contributed by atoms with Crippen LogP contribution in [0, 0.1) is 17.8 Å². The van der Waals surface area contributed by atoms with Gasteiger partial charge in [-0.3, -0.25) is 24.0 Å². The van der Waals surface area contributed by atoms with Crippen LogP contribution in [0.4, 0.5) is 0 Å². The Labute approximate surface area is 377 Å². The zero-order chi connectivity index (χ0) is 48.1. The Morgan fingerprint density at radius 2 is 1.55 bits per heavy atom. The Balaban J connectivity index is 2.12. The number of cyclic esters (lactones) is 1. The van der Waals surface area contributed by atoms with Crippen LogP contribution in [-0.4, -0.2) is 153 Å². The SMILES string of the molecule is COC1C(OC(C)=O)CC(=O)OC(C)CC=CC=CC(OC(C)=O)C(C)CC(CC=O)C1OC1OC(C)C(OC2CC(C)(O)C(OC(=O)CC(C)C)C(C)O2)C(N(C)C)C1OC(C)=O. The number of nitrogens with zero attached hydrogens (tertiary/aromatic N) is 1. The van der Waals surface area contributed by atoms with Crippen LogP contribution in [0.2, 0.25) is 0 Å². The van der Waals surface area contributed by atoms with E-state index in [0.29, 0.717) is 12.7 Å². The molecule has 18 heteroatoms. The molecular formula is C46H73NO17. The second kappa shape index (κ2) is 25.2. The maximum atomic E-state index is 13.4. The maximum Gasteiger partial charge on any atom is 0.309 e. The molecular weight excluding hydrogens is 838 g/mol. The summed E-state index contributed by atoms with van der Waals surface area (Å²) in [6.07, 6.45) is -4.43.